The molecule has 0 bridgehead atoms. The minimum atomic E-state index is -2.87. The number of nitrogens with one attached hydrogen (secondary N) is 1. The maximum absolute atomic E-state index is 11.8. The van der Waals surface area contributed by atoms with Crippen molar-refractivity contribution in [1.29, 1.82) is 0 Å². The van der Waals surface area contributed by atoms with Crippen molar-refractivity contribution in [2.24, 2.45) is 0 Å². The molecule has 1 saturated heterocycles. The lowest BCUT2D eigenvalue weighted by Gasteiger charge is -2.44. The standard InChI is InChI=1S/C15H30N2O2S/c1-16-10-9-13-6-3-4-11-17(13)14-7-5-8-15(12-14)20(2,18)19/h13-16H,3-12H2,1-2H3. The number of rotatable bonds is 5. The molecule has 0 amide bonds. The minimum absolute atomic E-state index is 0.104. The summed E-state index contributed by atoms with van der Waals surface area (Å²) in [6.45, 7) is 2.22. The molecule has 3 atom stereocenters. The fraction of sp³-hybridized carbons (Fsp3) is 1.00. The molecule has 0 radical (unpaired) electrons. The highest BCUT2D eigenvalue weighted by Gasteiger charge is 2.35. The quantitative estimate of drug-likeness (QED) is 0.841. The normalized spacial score (nSPS) is 33.2. The summed E-state index contributed by atoms with van der Waals surface area (Å²) in [5, 5.41) is 3.15. The second-order valence-corrected chi connectivity index (χ2v) is 8.88. The zero-order valence-corrected chi connectivity index (χ0v) is 13.8. The van der Waals surface area contributed by atoms with Gasteiger partial charge < -0.3 is 5.32 Å². The van der Waals surface area contributed by atoms with Gasteiger partial charge in [-0.05, 0) is 58.7 Å². The van der Waals surface area contributed by atoms with Crippen LogP contribution in [0.3, 0.4) is 0 Å². The molecule has 2 rings (SSSR count). The average molecular weight is 302 g/mol. The molecule has 2 aliphatic rings. The van der Waals surface area contributed by atoms with Crippen LogP contribution in [0.5, 0.6) is 0 Å². The zero-order valence-electron chi connectivity index (χ0n) is 13.0. The van der Waals surface area contributed by atoms with Crippen molar-refractivity contribution >= 4 is 9.84 Å². The molecule has 1 aliphatic carbocycles. The third-order valence-electron chi connectivity index (χ3n) is 5.07. The molecule has 0 spiro atoms. The molecule has 0 aromatic heterocycles. The van der Waals surface area contributed by atoms with Crippen LogP contribution in [0.2, 0.25) is 0 Å². The number of sulfone groups is 1. The van der Waals surface area contributed by atoms with E-state index in [9.17, 15) is 8.42 Å². The average Bonchev–Trinajstić information content (AvgIpc) is 2.45. The van der Waals surface area contributed by atoms with E-state index in [-0.39, 0.29) is 5.25 Å². The van der Waals surface area contributed by atoms with Gasteiger partial charge in [-0.15, -0.1) is 0 Å². The summed E-state index contributed by atoms with van der Waals surface area (Å²) in [6.07, 6.45) is 10.5. The Kier molecular flexibility index (Phi) is 5.87. The van der Waals surface area contributed by atoms with E-state index >= 15 is 0 Å². The molecular weight excluding hydrogens is 272 g/mol. The molecular formula is C15H30N2O2S. The lowest BCUT2D eigenvalue weighted by molar-refractivity contribution is 0.0689. The smallest absolute Gasteiger partial charge is 0.150 e. The van der Waals surface area contributed by atoms with Crippen molar-refractivity contribution in [2.45, 2.75) is 68.7 Å². The molecule has 2 fully saturated rings. The molecule has 1 aliphatic heterocycles. The molecule has 20 heavy (non-hydrogen) atoms. The first-order chi connectivity index (χ1) is 9.52. The van der Waals surface area contributed by atoms with Crippen molar-refractivity contribution < 1.29 is 8.42 Å². The van der Waals surface area contributed by atoms with Gasteiger partial charge in [-0.25, -0.2) is 8.42 Å². The first kappa shape index (κ1) is 16.2. The maximum atomic E-state index is 11.8. The Morgan fingerprint density at radius 1 is 1.15 bits per heavy atom. The van der Waals surface area contributed by atoms with Gasteiger partial charge in [0.1, 0.15) is 9.84 Å². The van der Waals surface area contributed by atoms with Gasteiger partial charge in [-0.1, -0.05) is 12.8 Å². The molecule has 0 aromatic carbocycles. The van der Waals surface area contributed by atoms with Crippen LogP contribution in [0.1, 0.15) is 51.4 Å². The highest BCUT2D eigenvalue weighted by molar-refractivity contribution is 7.91. The minimum Gasteiger partial charge on any atom is -0.320 e. The zero-order chi connectivity index (χ0) is 14.6. The predicted molar refractivity (Wildman–Crippen MR) is 83.8 cm³/mol. The molecule has 0 aromatic rings. The van der Waals surface area contributed by atoms with E-state index < -0.39 is 9.84 Å². The third-order valence-corrected chi connectivity index (χ3v) is 6.71. The Bertz CT molecular complexity index is 397. The van der Waals surface area contributed by atoms with Gasteiger partial charge in [-0.3, -0.25) is 4.90 Å². The fourth-order valence-electron chi connectivity index (χ4n) is 3.93. The highest BCUT2D eigenvalue weighted by Crippen LogP contribution is 2.32. The second-order valence-electron chi connectivity index (χ2n) is 6.55. The molecule has 1 N–H and O–H groups in total. The molecule has 5 heteroatoms. The molecule has 118 valence electrons. The molecule has 4 nitrogen and oxygen atoms in total. The summed E-state index contributed by atoms with van der Waals surface area (Å²) in [6, 6.07) is 1.14. The van der Waals surface area contributed by atoms with Crippen LogP contribution in [0, 0.1) is 0 Å². The van der Waals surface area contributed by atoms with Crippen LogP contribution < -0.4 is 5.32 Å². The van der Waals surface area contributed by atoms with Gasteiger partial charge in [0.2, 0.25) is 0 Å². The maximum Gasteiger partial charge on any atom is 0.150 e. The van der Waals surface area contributed by atoms with Gasteiger partial charge >= 0.3 is 0 Å². The van der Waals surface area contributed by atoms with Crippen molar-refractivity contribution in [3.63, 3.8) is 0 Å². The van der Waals surface area contributed by atoms with Crippen LogP contribution in [0.15, 0.2) is 0 Å². The first-order valence-electron chi connectivity index (χ1n) is 8.11. The van der Waals surface area contributed by atoms with Crippen molar-refractivity contribution in [3.05, 3.63) is 0 Å². The summed E-state index contributed by atoms with van der Waals surface area (Å²) in [5.41, 5.74) is 0. The molecule has 3 unspecified atom stereocenters. The number of hydrogen-bond donors (Lipinski definition) is 1. The van der Waals surface area contributed by atoms with E-state index in [1.54, 1.807) is 0 Å². The van der Waals surface area contributed by atoms with Gasteiger partial charge in [0.25, 0.3) is 0 Å². The summed E-state index contributed by atoms with van der Waals surface area (Å²) in [4.78, 5) is 2.64. The predicted octanol–water partition coefficient (Wildman–Crippen LogP) is 1.81. The van der Waals surface area contributed by atoms with Gasteiger partial charge in [0.15, 0.2) is 0 Å². The van der Waals surface area contributed by atoms with Crippen molar-refractivity contribution in [3.8, 4) is 0 Å². The summed E-state index contributed by atoms with van der Waals surface area (Å²) in [7, 11) is -0.863. The first-order valence-corrected chi connectivity index (χ1v) is 10.1. The van der Waals surface area contributed by atoms with Crippen molar-refractivity contribution in [1.82, 2.24) is 10.2 Å². The Labute approximate surface area is 124 Å². The van der Waals surface area contributed by atoms with Crippen LogP contribution in [-0.4, -0.2) is 57.0 Å². The van der Waals surface area contributed by atoms with Crippen LogP contribution in [0.25, 0.3) is 0 Å². The largest absolute Gasteiger partial charge is 0.320 e. The topological polar surface area (TPSA) is 49.4 Å². The van der Waals surface area contributed by atoms with E-state index in [2.05, 4.69) is 10.2 Å². The van der Waals surface area contributed by atoms with Crippen molar-refractivity contribution in [2.75, 3.05) is 26.4 Å². The highest BCUT2D eigenvalue weighted by atomic mass is 32.2. The summed E-state index contributed by atoms with van der Waals surface area (Å²) in [5.74, 6) is 0. The van der Waals surface area contributed by atoms with Gasteiger partial charge in [0, 0.05) is 18.3 Å². The number of likely N-dealkylation sites (tertiary alicyclic amines) is 1. The Balaban J connectivity index is 2.00. The number of hydrogen-bond acceptors (Lipinski definition) is 4. The monoisotopic (exact) mass is 302 g/mol. The van der Waals surface area contributed by atoms with Crippen LogP contribution >= 0.6 is 0 Å². The summed E-state index contributed by atoms with van der Waals surface area (Å²) >= 11 is 0. The lowest BCUT2D eigenvalue weighted by Crippen LogP contribution is -2.50. The van der Waals surface area contributed by atoms with Gasteiger partial charge in [-0.2, -0.15) is 0 Å². The van der Waals surface area contributed by atoms with E-state index in [0.717, 1.165) is 32.4 Å². The van der Waals surface area contributed by atoms with Crippen LogP contribution in [0.4, 0.5) is 0 Å². The fourth-order valence-corrected chi connectivity index (χ4v) is 5.10. The van der Waals surface area contributed by atoms with E-state index in [4.69, 9.17) is 0 Å². The molecule has 1 heterocycles. The SMILES string of the molecule is CNCCC1CCCCN1C1CCCC(S(C)(=O)=O)C1. The van der Waals surface area contributed by atoms with E-state index in [0.29, 0.717) is 12.1 Å². The third kappa shape index (κ3) is 4.18. The number of piperidine rings is 1. The Morgan fingerprint density at radius 2 is 1.95 bits per heavy atom. The lowest BCUT2D eigenvalue weighted by atomic mass is 9.89. The summed E-state index contributed by atoms with van der Waals surface area (Å²) < 4.78 is 23.7. The Hall–Kier alpha value is -0.130. The number of nitrogens with zero attached hydrogens (tertiary/aromatic N) is 1. The van der Waals surface area contributed by atoms with E-state index in [1.165, 1.54) is 38.4 Å². The van der Waals surface area contributed by atoms with Crippen LogP contribution in [-0.2, 0) is 9.84 Å². The Morgan fingerprint density at radius 3 is 2.65 bits per heavy atom. The van der Waals surface area contributed by atoms with Gasteiger partial charge in [0.05, 0.1) is 5.25 Å². The second kappa shape index (κ2) is 7.23. The molecule has 1 saturated carbocycles. The van der Waals surface area contributed by atoms with E-state index in [1.807, 2.05) is 7.05 Å².